The molecule has 5 rings (SSSR count). The van der Waals surface area contributed by atoms with Crippen LogP contribution in [0.25, 0.3) is 16.6 Å². The van der Waals surface area contributed by atoms with Crippen LogP contribution in [0.15, 0.2) is 36.7 Å². The van der Waals surface area contributed by atoms with Gasteiger partial charge in [0.25, 0.3) is 0 Å². The van der Waals surface area contributed by atoms with E-state index in [4.69, 9.17) is 0 Å². The van der Waals surface area contributed by atoms with E-state index in [0.29, 0.717) is 11.5 Å². The maximum Gasteiger partial charge on any atom is 0.228 e. The molecule has 4 heterocycles. The van der Waals surface area contributed by atoms with Crippen molar-refractivity contribution >= 4 is 22.9 Å². The Kier molecular flexibility index (Phi) is 4.18. The summed E-state index contributed by atoms with van der Waals surface area (Å²) in [5, 5.41) is 25.9. The molecule has 0 unspecified atom stereocenters. The van der Waals surface area contributed by atoms with Crippen molar-refractivity contribution in [1.29, 1.82) is 5.26 Å². The molecule has 1 saturated carbocycles. The number of amides is 1. The molecule has 1 saturated heterocycles. The van der Waals surface area contributed by atoms with Crippen molar-refractivity contribution in [2.75, 3.05) is 29.9 Å². The number of aromatic nitrogens is 3. The molecular weight excluding hydrogens is 368 g/mol. The first-order chi connectivity index (χ1) is 14.1. The Balaban J connectivity index is 1.49. The van der Waals surface area contributed by atoms with Gasteiger partial charge in [-0.25, -0.2) is 9.50 Å². The first-order valence-corrected chi connectivity index (χ1v) is 9.71. The molecule has 29 heavy (non-hydrogen) atoms. The molecule has 3 aromatic heterocycles. The Bertz CT molecular complexity index is 1140. The number of carbonyl (C=O) groups is 1. The Labute approximate surface area is 167 Å². The maximum atomic E-state index is 12.0. The van der Waals surface area contributed by atoms with Gasteiger partial charge in [0.15, 0.2) is 5.82 Å². The van der Waals surface area contributed by atoms with Crippen molar-refractivity contribution in [3.63, 3.8) is 0 Å². The minimum absolute atomic E-state index is 0.0277. The molecule has 0 atom stereocenters. The first-order valence-electron chi connectivity index (χ1n) is 9.71. The second-order valence-electron chi connectivity index (χ2n) is 7.73. The van der Waals surface area contributed by atoms with E-state index < -0.39 is 0 Å². The largest absolute Gasteiger partial charge is 0.396 e. The van der Waals surface area contributed by atoms with Crippen LogP contribution in [0.5, 0.6) is 0 Å². The number of hydrogen-bond acceptors (Lipinski definition) is 6. The molecule has 8 heteroatoms. The lowest BCUT2D eigenvalue weighted by Gasteiger charge is -2.41. The summed E-state index contributed by atoms with van der Waals surface area (Å²) in [6, 6.07) is 9.67. The van der Waals surface area contributed by atoms with Gasteiger partial charge in [0.1, 0.15) is 11.8 Å². The summed E-state index contributed by atoms with van der Waals surface area (Å²) in [6.45, 7) is 1.71. The fraction of sp³-hybridized carbons (Fsp3) is 0.333. The fourth-order valence-electron chi connectivity index (χ4n) is 3.67. The summed E-state index contributed by atoms with van der Waals surface area (Å²) in [5.74, 6) is 0.965. The van der Waals surface area contributed by atoms with E-state index in [1.54, 1.807) is 16.8 Å². The summed E-state index contributed by atoms with van der Waals surface area (Å²) in [7, 11) is 0. The number of aliphatic hydroxyl groups is 1. The number of hydrogen-bond donors (Lipinski definition) is 2. The Morgan fingerprint density at radius 1 is 1.31 bits per heavy atom. The predicted molar refractivity (Wildman–Crippen MR) is 107 cm³/mol. The molecule has 1 aliphatic heterocycles. The SMILES string of the molecule is N#Cc1cc(-c2ccn3nc(NC(=O)C4CC4)cc3c2)c(N2CC(CO)C2)cn1. The van der Waals surface area contributed by atoms with Gasteiger partial charge < -0.3 is 15.3 Å². The number of fused-ring (bicyclic) bond motifs is 1. The van der Waals surface area contributed by atoms with Crippen molar-refractivity contribution in [2.45, 2.75) is 12.8 Å². The number of aliphatic hydroxyl groups excluding tert-OH is 1. The molecule has 0 spiro atoms. The predicted octanol–water partition coefficient (Wildman–Crippen LogP) is 2.04. The number of rotatable bonds is 5. The van der Waals surface area contributed by atoms with Crippen LogP contribution >= 0.6 is 0 Å². The topological polar surface area (TPSA) is 107 Å². The molecule has 2 aliphatic rings. The maximum absolute atomic E-state index is 12.0. The number of pyridine rings is 2. The minimum Gasteiger partial charge on any atom is -0.396 e. The lowest BCUT2D eigenvalue weighted by Crippen LogP contribution is -2.48. The van der Waals surface area contributed by atoms with Crippen molar-refractivity contribution in [3.8, 4) is 17.2 Å². The first kappa shape index (κ1) is 17.6. The molecular formula is C21H20N6O2. The van der Waals surface area contributed by atoms with Gasteiger partial charge in [-0.1, -0.05) is 0 Å². The van der Waals surface area contributed by atoms with Crippen LogP contribution in [0.1, 0.15) is 18.5 Å². The quantitative estimate of drug-likeness (QED) is 0.693. The van der Waals surface area contributed by atoms with Gasteiger partial charge >= 0.3 is 0 Å². The number of carbonyl (C=O) groups excluding carboxylic acids is 1. The van der Waals surface area contributed by atoms with Gasteiger partial charge in [0, 0.05) is 49.4 Å². The van der Waals surface area contributed by atoms with E-state index in [2.05, 4.69) is 26.4 Å². The molecule has 0 bridgehead atoms. The highest BCUT2D eigenvalue weighted by Gasteiger charge is 2.30. The zero-order chi connectivity index (χ0) is 20.0. The van der Waals surface area contributed by atoms with Gasteiger partial charge in [-0.15, -0.1) is 0 Å². The van der Waals surface area contributed by atoms with E-state index in [1.165, 1.54) is 0 Å². The highest BCUT2D eigenvalue weighted by atomic mass is 16.3. The number of nitrogens with one attached hydrogen (secondary N) is 1. The van der Waals surface area contributed by atoms with Crippen LogP contribution < -0.4 is 10.2 Å². The fourth-order valence-corrected chi connectivity index (χ4v) is 3.67. The molecule has 8 nitrogen and oxygen atoms in total. The Hall–Kier alpha value is -3.44. The van der Waals surface area contributed by atoms with E-state index in [1.807, 2.05) is 24.4 Å². The highest BCUT2D eigenvalue weighted by molar-refractivity contribution is 5.94. The second kappa shape index (κ2) is 6.87. The van der Waals surface area contributed by atoms with Gasteiger partial charge in [-0.2, -0.15) is 10.4 Å². The summed E-state index contributed by atoms with van der Waals surface area (Å²) in [5.41, 5.74) is 4.01. The third-order valence-electron chi connectivity index (χ3n) is 5.53. The Morgan fingerprint density at radius 3 is 2.86 bits per heavy atom. The zero-order valence-corrected chi connectivity index (χ0v) is 15.7. The number of nitriles is 1. The van der Waals surface area contributed by atoms with Crippen molar-refractivity contribution in [3.05, 3.63) is 42.4 Å². The molecule has 1 amide bonds. The van der Waals surface area contributed by atoms with Gasteiger partial charge in [0.05, 0.1) is 17.4 Å². The van der Waals surface area contributed by atoms with E-state index in [0.717, 1.165) is 48.3 Å². The zero-order valence-electron chi connectivity index (χ0n) is 15.7. The molecule has 146 valence electrons. The molecule has 1 aliphatic carbocycles. The summed E-state index contributed by atoms with van der Waals surface area (Å²) >= 11 is 0. The van der Waals surface area contributed by atoms with Gasteiger partial charge in [-0.05, 0) is 36.6 Å². The van der Waals surface area contributed by atoms with Crippen LogP contribution in [-0.2, 0) is 4.79 Å². The average Bonchev–Trinajstić information content (AvgIpc) is 3.47. The minimum atomic E-state index is 0.0277. The molecule has 0 radical (unpaired) electrons. The number of anilines is 2. The lowest BCUT2D eigenvalue weighted by atomic mass is 9.97. The van der Waals surface area contributed by atoms with Crippen molar-refractivity contribution in [2.24, 2.45) is 11.8 Å². The third kappa shape index (κ3) is 3.30. The molecule has 3 aromatic rings. The Morgan fingerprint density at radius 2 is 2.14 bits per heavy atom. The van der Waals surface area contributed by atoms with Crippen LogP contribution in [0.3, 0.4) is 0 Å². The van der Waals surface area contributed by atoms with Crippen molar-refractivity contribution in [1.82, 2.24) is 14.6 Å². The monoisotopic (exact) mass is 388 g/mol. The van der Waals surface area contributed by atoms with Crippen LogP contribution in [0.2, 0.25) is 0 Å². The summed E-state index contributed by atoms with van der Waals surface area (Å²) in [6.07, 6.45) is 5.47. The summed E-state index contributed by atoms with van der Waals surface area (Å²) < 4.78 is 1.73. The molecule has 2 fully saturated rings. The molecule has 0 aromatic carbocycles. The highest BCUT2D eigenvalue weighted by Crippen LogP contribution is 2.35. The average molecular weight is 388 g/mol. The normalized spacial score (nSPS) is 16.5. The van der Waals surface area contributed by atoms with Gasteiger partial charge in [-0.3, -0.25) is 4.79 Å². The lowest BCUT2D eigenvalue weighted by molar-refractivity contribution is -0.117. The van der Waals surface area contributed by atoms with E-state index >= 15 is 0 Å². The van der Waals surface area contributed by atoms with Crippen molar-refractivity contribution < 1.29 is 9.90 Å². The summed E-state index contributed by atoms with van der Waals surface area (Å²) in [4.78, 5) is 18.4. The molecule has 2 N–H and O–H groups in total. The van der Waals surface area contributed by atoms with Crippen LogP contribution in [-0.4, -0.2) is 45.3 Å². The van der Waals surface area contributed by atoms with Gasteiger partial charge in [0.2, 0.25) is 5.91 Å². The van der Waals surface area contributed by atoms with E-state index in [-0.39, 0.29) is 24.3 Å². The van der Waals surface area contributed by atoms with E-state index in [9.17, 15) is 15.2 Å². The second-order valence-corrected chi connectivity index (χ2v) is 7.73. The van der Waals surface area contributed by atoms with Crippen LogP contribution in [0, 0.1) is 23.2 Å². The third-order valence-corrected chi connectivity index (χ3v) is 5.53. The smallest absolute Gasteiger partial charge is 0.228 e. The van der Waals surface area contributed by atoms with Crippen LogP contribution in [0.4, 0.5) is 11.5 Å². The number of nitrogens with zero attached hydrogens (tertiary/aromatic N) is 5. The standard InChI is InChI=1S/C21H20N6O2/c22-8-16-6-18(19(9-23-16)26-10-13(11-26)12-28)15-3-4-27-17(5-15)7-20(25-27)24-21(29)14-1-2-14/h3-7,9,13-14,28H,1-2,10-12H2,(H,24,25,29).